The monoisotopic (exact) mass is 325 g/mol. The van der Waals surface area contributed by atoms with Gasteiger partial charge >= 0.3 is 0 Å². The first kappa shape index (κ1) is 15.2. The highest BCUT2D eigenvalue weighted by atomic mass is 16.5. The fourth-order valence-corrected chi connectivity index (χ4v) is 3.66. The zero-order valence-electron chi connectivity index (χ0n) is 13.8. The molecule has 0 saturated heterocycles. The second-order valence-electron chi connectivity index (χ2n) is 6.76. The van der Waals surface area contributed by atoms with E-state index in [1.54, 1.807) is 0 Å². The summed E-state index contributed by atoms with van der Waals surface area (Å²) < 4.78 is 8.12. The lowest BCUT2D eigenvalue weighted by Crippen LogP contribution is -2.40. The van der Waals surface area contributed by atoms with Gasteiger partial charge in [0.2, 0.25) is 0 Å². The molecule has 24 heavy (non-hydrogen) atoms. The van der Waals surface area contributed by atoms with Crippen LogP contribution in [0, 0.1) is 0 Å². The number of carbonyl (C=O) groups is 1. The summed E-state index contributed by atoms with van der Waals surface area (Å²) in [5.74, 6) is 1.88. The van der Waals surface area contributed by atoms with Crippen LogP contribution in [0.1, 0.15) is 48.3 Å². The van der Waals surface area contributed by atoms with Crippen molar-refractivity contribution in [3.05, 3.63) is 48.0 Å². The first-order valence-corrected chi connectivity index (χ1v) is 8.85. The molecular weight excluding hydrogens is 302 g/mol. The molecule has 1 atom stereocenters. The number of ether oxygens (including phenoxy) is 1. The van der Waals surface area contributed by atoms with Crippen molar-refractivity contribution in [2.45, 2.75) is 57.2 Å². The van der Waals surface area contributed by atoms with Crippen LogP contribution in [0.25, 0.3) is 0 Å². The Hall–Kier alpha value is -2.30. The van der Waals surface area contributed by atoms with E-state index in [0.717, 1.165) is 43.8 Å². The lowest BCUT2D eigenvalue weighted by atomic mass is 10.1. The molecule has 1 aliphatic carbocycles. The molecule has 1 saturated carbocycles. The highest BCUT2D eigenvalue weighted by Gasteiger charge is 2.21. The Morgan fingerprint density at radius 2 is 2.12 bits per heavy atom. The summed E-state index contributed by atoms with van der Waals surface area (Å²) in [6.07, 6.45) is 10.7. The molecule has 1 fully saturated rings. The van der Waals surface area contributed by atoms with Gasteiger partial charge in [0.1, 0.15) is 11.6 Å². The van der Waals surface area contributed by atoms with Crippen LogP contribution in [0.5, 0.6) is 5.75 Å². The Morgan fingerprint density at radius 3 is 3.00 bits per heavy atom. The molecule has 126 valence electrons. The third kappa shape index (κ3) is 3.30. The van der Waals surface area contributed by atoms with Crippen molar-refractivity contribution in [1.82, 2.24) is 14.9 Å². The van der Waals surface area contributed by atoms with Gasteiger partial charge in [-0.3, -0.25) is 4.79 Å². The zero-order chi connectivity index (χ0) is 16.4. The number of nitrogens with zero attached hydrogens (tertiary/aromatic N) is 2. The van der Waals surface area contributed by atoms with E-state index in [9.17, 15) is 4.79 Å². The maximum absolute atomic E-state index is 12.6. The number of benzene rings is 1. The van der Waals surface area contributed by atoms with E-state index >= 15 is 0 Å². The third-order valence-electron chi connectivity index (χ3n) is 4.97. The number of carbonyl (C=O) groups excluding carboxylic acids is 1. The molecule has 1 aromatic heterocycles. The van der Waals surface area contributed by atoms with Crippen LogP contribution in [0.4, 0.5) is 0 Å². The molecule has 2 aromatic rings. The van der Waals surface area contributed by atoms with Crippen LogP contribution < -0.4 is 10.1 Å². The number of rotatable bonds is 4. The molecule has 0 radical (unpaired) electrons. The summed E-state index contributed by atoms with van der Waals surface area (Å²) in [7, 11) is 0. The topological polar surface area (TPSA) is 56.2 Å². The predicted octanol–water partition coefficient (Wildman–Crippen LogP) is 2.95. The Kier molecular flexibility index (Phi) is 4.24. The number of aromatic nitrogens is 2. The Labute approximate surface area is 142 Å². The largest absolute Gasteiger partial charge is 0.490 e. The van der Waals surface area contributed by atoms with E-state index in [0.29, 0.717) is 11.7 Å². The van der Waals surface area contributed by atoms with Crippen LogP contribution in [0.15, 0.2) is 36.7 Å². The van der Waals surface area contributed by atoms with Crippen molar-refractivity contribution in [2.24, 2.45) is 0 Å². The quantitative estimate of drug-likeness (QED) is 0.940. The van der Waals surface area contributed by atoms with Gasteiger partial charge in [0.25, 0.3) is 5.91 Å². The summed E-state index contributed by atoms with van der Waals surface area (Å²) in [6.45, 7) is 0.791. The van der Waals surface area contributed by atoms with Crippen LogP contribution in [-0.2, 0) is 13.0 Å². The van der Waals surface area contributed by atoms with Gasteiger partial charge in [0, 0.05) is 37.0 Å². The molecule has 0 bridgehead atoms. The van der Waals surface area contributed by atoms with Crippen LogP contribution >= 0.6 is 0 Å². The molecular formula is C19H23N3O2. The number of aryl methyl sites for hydroxylation is 1. The van der Waals surface area contributed by atoms with Gasteiger partial charge < -0.3 is 14.6 Å². The average molecular weight is 325 g/mol. The number of hydrogen-bond donors (Lipinski definition) is 1. The second kappa shape index (κ2) is 6.67. The van der Waals surface area contributed by atoms with E-state index in [1.807, 2.05) is 36.7 Å². The number of fused-ring (bicyclic) bond motifs is 1. The molecule has 1 aliphatic heterocycles. The lowest BCUT2D eigenvalue weighted by Gasteiger charge is -2.24. The minimum Gasteiger partial charge on any atom is -0.490 e. The third-order valence-corrected chi connectivity index (χ3v) is 4.97. The van der Waals surface area contributed by atoms with Gasteiger partial charge in [-0.25, -0.2) is 4.98 Å². The van der Waals surface area contributed by atoms with E-state index in [2.05, 4.69) is 14.9 Å². The Bertz CT molecular complexity index is 719. The summed E-state index contributed by atoms with van der Waals surface area (Å²) in [5, 5.41) is 3.14. The van der Waals surface area contributed by atoms with Crippen LogP contribution in [-0.4, -0.2) is 27.6 Å². The normalized spacial score (nSPS) is 20.6. The summed E-state index contributed by atoms with van der Waals surface area (Å²) in [5.41, 5.74) is 0.668. The molecule has 2 aliphatic rings. The lowest BCUT2D eigenvalue weighted by molar-refractivity contribution is 0.0926. The summed E-state index contributed by atoms with van der Waals surface area (Å²) >= 11 is 0. The number of imidazole rings is 1. The number of amides is 1. The minimum absolute atomic E-state index is 0.0274. The highest BCUT2D eigenvalue weighted by molar-refractivity contribution is 5.94. The standard InChI is InChI=1S/C19H23N3O2/c23-19(21-15-8-9-18-20-10-11-22(18)13-15)14-4-3-7-17(12-14)24-16-5-1-2-6-16/h3-4,7,10-12,15-16H,1-2,5-6,8-9,13H2,(H,21,23)/t15-/m0/s1. The van der Waals surface area contributed by atoms with Gasteiger partial charge in [-0.1, -0.05) is 6.07 Å². The summed E-state index contributed by atoms with van der Waals surface area (Å²) in [4.78, 5) is 16.9. The van der Waals surface area contributed by atoms with Crippen LogP contribution in [0.3, 0.4) is 0 Å². The Morgan fingerprint density at radius 1 is 1.25 bits per heavy atom. The van der Waals surface area contributed by atoms with Crippen molar-refractivity contribution in [3.63, 3.8) is 0 Å². The molecule has 1 aromatic carbocycles. The molecule has 5 heteroatoms. The SMILES string of the molecule is O=C(N[C@H]1CCc2nccn2C1)c1cccc(OC2CCCC2)c1. The Balaban J connectivity index is 1.39. The maximum atomic E-state index is 12.6. The molecule has 1 amide bonds. The van der Waals surface area contributed by atoms with E-state index in [1.165, 1.54) is 12.8 Å². The predicted molar refractivity (Wildman–Crippen MR) is 91.1 cm³/mol. The average Bonchev–Trinajstić information content (AvgIpc) is 3.26. The second-order valence-corrected chi connectivity index (χ2v) is 6.76. The number of hydrogen-bond acceptors (Lipinski definition) is 3. The fourth-order valence-electron chi connectivity index (χ4n) is 3.66. The maximum Gasteiger partial charge on any atom is 0.251 e. The van der Waals surface area contributed by atoms with Crippen LogP contribution in [0.2, 0.25) is 0 Å². The van der Waals surface area contributed by atoms with Crippen molar-refractivity contribution in [2.75, 3.05) is 0 Å². The summed E-state index contributed by atoms with van der Waals surface area (Å²) in [6, 6.07) is 7.70. The van der Waals surface area contributed by atoms with Gasteiger partial charge in [-0.2, -0.15) is 0 Å². The smallest absolute Gasteiger partial charge is 0.251 e. The molecule has 0 spiro atoms. The zero-order valence-corrected chi connectivity index (χ0v) is 13.8. The first-order chi connectivity index (χ1) is 11.8. The molecule has 5 nitrogen and oxygen atoms in total. The first-order valence-electron chi connectivity index (χ1n) is 8.85. The highest BCUT2D eigenvalue weighted by Crippen LogP contribution is 2.24. The van der Waals surface area contributed by atoms with Gasteiger partial charge in [0.15, 0.2) is 0 Å². The van der Waals surface area contributed by atoms with Crippen molar-refractivity contribution in [1.29, 1.82) is 0 Å². The van der Waals surface area contributed by atoms with E-state index < -0.39 is 0 Å². The molecule has 0 unspecified atom stereocenters. The molecule has 1 N–H and O–H groups in total. The van der Waals surface area contributed by atoms with Gasteiger partial charge in [0.05, 0.1) is 6.10 Å². The van der Waals surface area contributed by atoms with Crippen molar-refractivity contribution >= 4 is 5.91 Å². The molecule has 2 heterocycles. The van der Waals surface area contributed by atoms with Crippen molar-refractivity contribution < 1.29 is 9.53 Å². The molecule has 4 rings (SSSR count). The minimum atomic E-state index is -0.0274. The fraction of sp³-hybridized carbons (Fsp3) is 0.474. The van der Waals surface area contributed by atoms with E-state index in [-0.39, 0.29) is 11.9 Å². The van der Waals surface area contributed by atoms with Crippen molar-refractivity contribution in [3.8, 4) is 5.75 Å². The van der Waals surface area contributed by atoms with Gasteiger partial charge in [-0.15, -0.1) is 0 Å². The number of nitrogens with one attached hydrogen (secondary N) is 1. The van der Waals surface area contributed by atoms with Gasteiger partial charge in [-0.05, 0) is 50.3 Å². The van der Waals surface area contributed by atoms with E-state index in [4.69, 9.17) is 4.74 Å².